The first-order valence-electron chi connectivity index (χ1n) is 14.2. The lowest BCUT2D eigenvalue weighted by Crippen LogP contribution is -2.18. The van der Waals surface area contributed by atoms with Crippen molar-refractivity contribution in [1.29, 1.82) is 0 Å². The molecule has 0 aliphatic carbocycles. The molecular weight excluding hydrogens is 626 g/mol. The highest BCUT2D eigenvalue weighted by Gasteiger charge is 2.14. The van der Waals surface area contributed by atoms with Crippen LogP contribution in [0.15, 0.2) is 96.1 Å². The zero-order valence-corrected chi connectivity index (χ0v) is 26.4. The minimum atomic E-state index is -0.593. The minimum Gasteiger partial charge on any atom is -0.493 e. The number of ether oxygens (including phenoxy) is 4. The molecule has 2 amide bonds. The van der Waals surface area contributed by atoms with E-state index < -0.39 is 23.8 Å². The number of anilines is 1. The number of carbonyl (C=O) groups is 4. The molecule has 0 unspecified atom stereocenters. The number of hydrazone groups is 1. The largest absolute Gasteiger partial charge is 0.493 e. The van der Waals surface area contributed by atoms with Crippen molar-refractivity contribution < 1.29 is 38.1 Å². The number of rotatable bonds is 12. The number of esters is 2. The summed E-state index contributed by atoms with van der Waals surface area (Å²) in [6, 6.07) is 22.5. The molecule has 0 heterocycles. The number of benzene rings is 4. The minimum absolute atomic E-state index is 0.183. The van der Waals surface area contributed by atoms with E-state index in [2.05, 4.69) is 15.8 Å². The highest BCUT2D eigenvalue weighted by atomic mass is 35.5. The molecule has 0 aliphatic rings. The van der Waals surface area contributed by atoms with E-state index in [1.807, 2.05) is 0 Å². The predicted molar refractivity (Wildman–Crippen MR) is 177 cm³/mol. The van der Waals surface area contributed by atoms with Crippen LogP contribution < -0.4 is 29.7 Å². The van der Waals surface area contributed by atoms with Crippen LogP contribution in [0.3, 0.4) is 0 Å². The molecule has 0 fully saturated rings. The molecule has 0 saturated carbocycles. The molecule has 0 bridgehead atoms. The number of nitrogens with one attached hydrogen (secondary N) is 2. The number of hydrogen-bond donors (Lipinski definition) is 2. The van der Waals surface area contributed by atoms with Crippen molar-refractivity contribution in [2.75, 3.05) is 19.0 Å². The molecule has 11 nitrogen and oxygen atoms in total. The third-order valence-electron chi connectivity index (χ3n) is 6.20. The number of halogens is 1. The van der Waals surface area contributed by atoms with Gasteiger partial charge in [0.2, 0.25) is 0 Å². The molecule has 12 heteroatoms. The number of hydrogen-bond acceptors (Lipinski definition) is 9. The van der Waals surface area contributed by atoms with Crippen LogP contribution in [0, 0.1) is 0 Å². The van der Waals surface area contributed by atoms with Gasteiger partial charge in [0.25, 0.3) is 11.8 Å². The molecule has 240 valence electrons. The first-order chi connectivity index (χ1) is 22.6. The molecule has 0 radical (unpaired) electrons. The fraction of sp³-hybridized carbons (Fsp3) is 0.114. The van der Waals surface area contributed by atoms with Crippen molar-refractivity contribution in [2.24, 2.45) is 5.10 Å². The number of carbonyl (C=O) groups excluding carboxylic acids is 4. The Balaban J connectivity index is 1.37. The van der Waals surface area contributed by atoms with Gasteiger partial charge in [0.15, 0.2) is 23.0 Å². The SMILES string of the molecule is CCOc1cc(C=NNC(=O)c2cccc(NC(=O)c3ccc(OC(C)=O)c(OC)c3)c2)ccc1OC(=O)/C=C/c1ccc(Cl)cc1. The van der Waals surface area contributed by atoms with E-state index in [4.69, 9.17) is 30.5 Å². The second-order valence-electron chi connectivity index (χ2n) is 9.64. The molecule has 0 atom stereocenters. The van der Waals surface area contributed by atoms with E-state index in [9.17, 15) is 19.2 Å². The van der Waals surface area contributed by atoms with Crippen LogP contribution in [0.4, 0.5) is 5.69 Å². The Morgan fingerprint density at radius 1 is 0.787 bits per heavy atom. The summed E-state index contributed by atoms with van der Waals surface area (Å²) in [6.07, 6.45) is 4.31. The van der Waals surface area contributed by atoms with Gasteiger partial charge in [0.05, 0.1) is 19.9 Å². The fourth-order valence-electron chi connectivity index (χ4n) is 4.06. The van der Waals surface area contributed by atoms with E-state index in [1.54, 1.807) is 73.7 Å². The highest BCUT2D eigenvalue weighted by Crippen LogP contribution is 2.29. The zero-order chi connectivity index (χ0) is 33.8. The average Bonchev–Trinajstić information content (AvgIpc) is 3.05. The monoisotopic (exact) mass is 655 g/mol. The van der Waals surface area contributed by atoms with Gasteiger partial charge < -0.3 is 24.3 Å². The van der Waals surface area contributed by atoms with Crippen LogP contribution in [0.2, 0.25) is 5.02 Å². The van der Waals surface area contributed by atoms with E-state index in [0.717, 1.165) is 5.56 Å². The van der Waals surface area contributed by atoms with Crippen LogP contribution in [0.1, 0.15) is 45.7 Å². The molecule has 4 rings (SSSR count). The van der Waals surface area contributed by atoms with Gasteiger partial charge in [-0.3, -0.25) is 14.4 Å². The van der Waals surface area contributed by atoms with Gasteiger partial charge in [-0.25, -0.2) is 10.2 Å². The van der Waals surface area contributed by atoms with Gasteiger partial charge in [0.1, 0.15) is 0 Å². The summed E-state index contributed by atoms with van der Waals surface area (Å²) >= 11 is 5.89. The van der Waals surface area contributed by atoms with Crippen molar-refractivity contribution >= 4 is 53.3 Å². The van der Waals surface area contributed by atoms with E-state index in [-0.39, 0.29) is 28.4 Å². The van der Waals surface area contributed by atoms with Crippen molar-refractivity contribution in [3.8, 4) is 23.0 Å². The zero-order valence-electron chi connectivity index (χ0n) is 25.6. The summed E-state index contributed by atoms with van der Waals surface area (Å²) in [5.74, 6) is -1.17. The Kier molecular flexibility index (Phi) is 11.8. The Morgan fingerprint density at radius 2 is 1.49 bits per heavy atom. The Morgan fingerprint density at radius 3 is 2.21 bits per heavy atom. The summed E-state index contributed by atoms with van der Waals surface area (Å²) < 4.78 is 21.4. The second-order valence-corrected chi connectivity index (χ2v) is 10.1. The Bertz CT molecular complexity index is 1840. The van der Waals surface area contributed by atoms with Gasteiger partial charge in [-0.1, -0.05) is 29.8 Å². The molecule has 4 aromatic carbocycles. The van der Waals surface area contributed by atoms with Gasteiger partial charge in [-0.2, -0.15) is 5.10 Å². The van der Waals surface area contributed by atoms with Crippen LogP contribution in [0.5, 0.6) is 23.0 Å². The molecular formula is C35H30ClN3O8. The van der Waals surface area contributed by atoms with Gasteiger partial charge in [-0.05, 0) is 90.9 Å². The van der Waals surface area contributed by atoms with Crippen LogP contribution in [-0.2, 0) is 9.59 Å². The van der Waals surface area contributed by atoms with Crippen LogP contribution in [-0.4, -0.2) is 43.7 Å². The maximum absolute atomic E-state index is 12.8. The van der Waals surface area contributed by atoms with Crippen LogP contribution >= 0.6 is 11.6 Å². The molecule has 0 aliphatic heterocycles. The van der Waals surface area contributed by atoms with Gasteiger partial charge in [0, 0.05) is 34.8 Å². The van der Waals surface area contributed by atoms with Crippen molar-refractivity contribution in [3.05, 3.63) is 118 Å². The maximum Gasteiger partial charge on any atom is 0.336 e. The highest BCUT2D eigenvalue weighted by molar-refractivity contribution is 6.30. The third-order valence-corrected chi connectivity index (χ3v) is 6.45. The molecule has 0 saturated heterocycles. The molecule has 47 heavy (non-hydrogen) atoms. The van der Waals surface area contributed by atoms with Gasteiger partial charge >= 0.3 is 11.9 Å². The predicted octanol–water partition coefficient (Wildman–Crippen LogP) is 6.31. The summed E-state index contributed by atoms with van der Waals surface area (Å²) in [5.41, 5.74) is 4.66. The molecule has 0 spiro atoms. The van der Waals surface area contributed by atoms with Crippen molar-refractivity contribution in [3.63, 3.8) is 0 Å². The topological polar surface area (TPSA) is 142 Å². The molecule has 4 aromatic rings. The van der Waals surface area contributed by atoms with Crippen molar-refractivity contribution in [1.82, 2.24) is 5.43 Å². The Labute approximate surface area is 275 Å². The summed E-state index contributed by atoms with van der Waals surface area (Å²) in [5, 5.41) is 7.33. The first-order valence-corrected chi connectivity index (χ1v) is 14.6. The van der Waals surface area contributed by atoms with E-state index in [0.29, 0.717) is 28.6 Å². The average molecular weight is 656 g/mol. The fourth-order valence-corrected chi connectivity index (χ4v) is 4.18. The quantitative estimate of drug-likeness (QED) is 0.0595. The smallest absolute Gasteiger partial charge is 0.336 e. The van der Waals surface area contributed by atoms with E-state index >= 15 is 0 Å². The lowest BCUT2D eigenvalue weighted by Gasteiger charge is -2.11. The third kappa shape index (κ3) is 10.0. The summed E-state index contributed by atoms with van der Waals surface area (Å²) in [6.45, 7) is 3.37. The van der Waals surface area contributed by atoms with Crippen LogP contribution in [0.25, 0.3) is 6.08 Å². The molecule has 0 aromatic heterocycles. The Hall–Kier alpha value is -5.94. The number of nitrogens with zero attached hydrogens (tertiary/aromatic N) is 1. The second kappa shape index (κ2) is 16.4. The number of methoxy groups -OCH3 is 1. The van der Waals surface area contributed by atoms with E-state index in [1.165, 1.54) is 50.6 Å². The number of amides is 2. The normalized spacial score (nSPS) is 10.8. The first kappa shape index (κ1) is 33.9. The van der Waals surface area contributed by atoms with Gasteiger partial charge in [-0.15, -0.1) is 0 Å². The lowest BCUT2D eigenvalue weighted by atomic mass is 10.1. The lowest BCUT2D eigenvalue weighted by molar-refractivity contribution is -0.132. The summed E-state index contributed by atoms with van der Waals surface area (Å²) in [7, 11) is 1.39. The standard InChI is InChI=1S/C35H30ClN3O8/c1-4-45-32-18-24(10-15-30(32)47-33(41)17-11-23-8-13-27(36)14-9-23)21-37-39-35(43)25-6-5-7-28(19-25)38-34(42)26-12-16-29(46-22(2)40)31(20-26)44-3/h5-21H,4H2,1-3H3,(H,38,42)(H,39,43)/b17-11+,37-21?. The maximum atomic E-state index is 12.8. The van der Waals surface area contributed by atoms with Crippen molar-refractivity contribution in [2.45, 2.75) is 13.8 Å². The molecule has 2 N–H and O–H groups in total. The summed E-state index contributed by atoms with van der Waals surface area (Å²) in [4.78, 5) is 49.3.